The molecule has 1 aromatic rings. The van der Waals surface area contributed by atoms with E-state index < -0.39 is 5.60 Å². The van der Waals surface area contributed by atoms with Gasteiger partial charge in [0.05, 0.1) is 6.54 Å². The Balaban J connectivity index is 0.00000529. The lowest BCUT2D eigenvalue weighted by atomic mass is 10.2. The van der Waals surface area contributed by atoms with Crippen molar-refractivity contribution in [3.05, 3.63) is 29.8 Å². The van der Waals surface area contributed by atoms with Crippen molar-refractivity contribution < 1.29 is 9.53 Å². The highest BCUT2D eigenvalue weighted by Gasteiger charge is 2.20. The van der Waals surface area contributed by atoms with Crippen LogP contribution in [0.2, 0.25) is 0 Å². The van der Waals surface area contributed by atoms with E-state index in [-0.39, 0.29) is 30.1 Å². The van der Waals surface area contributed by atoms with Gasteiger partial charge in [-0.15, -0.1) is 24.0 Å². The Labute approximate surface area is 161 Å². The summed E-state index contributed by atoms with van der Waals surface area (Å²) in [5.74, 6) is 0.329. The number of carbonyl (C=O) groups is 1. The summed E-state index contributed by atoms with van der Waals surface area (Å²) in [7, 11) is 0. The van der Waals surface area contributed by atoms with Crippen molar-refractivity contribution in [2.75, 3.05) is 25.0 Å². The number of anilines is 1. The molecule has 0 heterocycles. The number of aryl methyl sites for hydroxylation is 1. The van der Waals surface area contributed by atoms with Gasteiger partial charge in [0.15, 0.2) is 5.96 Å². The number of nitrogens with one attached hydrogen (secondary N) is 1. The molecular formula is C17H29IN4O2. The number of benzene rings is 1. The minimum atomic E-state index is -0.500. The van der Waals surface area contributed by atoms with E-state index in [2.05, 4.69) is 10.3 Å². The van der Waals surface area contributed by atoms with Gasteiger partial charge >= 0.3 is 6.09 Å². The average molecular weight is 448 g/mol. The predicted octanol–water partition coefficient (Wildman–Crippen LogP) is 3.60. The van der Waals surface area contributed by atoms with E-state index in [0.717, 1.165) is 11.3 Å². The van der Waals surface area contributed by atoms with Crippen molar-refractivity contribution in [1.29, 1.82) is 0 Å². The third kappa shape index (κ3) is 8.95. The molecule has 136 valence electrons. The number of rotatable bonds is 5. The minimum absolute atomic E-state index is 0. The molecule has 0 aliphatic rings. The van der Waals surface area contributed by atoms with E-state index >= 15 is 0 Å². The summed E-state index contributed by atoms with van der Waals surface area (Å²) in [6.45, 7) is 10.9. The van der Waals surface area contributed by atoms with Crippen LogP contribution >= 0.6 is 24.0 Å². The zero-order valence-corrected chi connectivity index (χ0v) is 17.5. The van der Waals surface area contributed by atoms with E-state index in [9.17, 15) is 4.79 Å². The summed E-state index contributed by atoms with van der Waals surface area (Å²) >= 11 is 0. The number of halogens is 1. The molecular weight excluding hydrogens is 419 g/mol. The molecule has 0 aliphatic heterocycles. The molecule has 1 rings (SSSR count). The van der Waals surface area contributed by atoms with Crippen LogP contribution in [0.4, 0.5) is 10.5 Å². The number of amides is 1. The monoisotopic (exact) mass is 448 g/mol. The van der Waals surface area contributed by atoms with Crippen LogP contribution in [0.1, 0.15) is 33.3 Å². The maximum absolute atomic E-state index is 12.0. The maximum atomic E-state index is 12.0. The molecule has 24 heavy (non-hydrogen) atoms. The van der Waals surface area contributed by atoms with Crippen LogP contribution in [-0.4, -0.2) is 42.2 Å². The highest BCUT2D eigenvalue weighted by molar-refractivity contribution is 14.0. The molecule has 0 saturated carbocycles. The van der Waals surface area contributed by atoms with Crippen LogP contribution in [0.5, 0.6) is 0 Å². The molecule has 1 aromatic carbocycles. The largest absolute Gasteiger partial charge is 0.444 e. The molecule has 3 N–H and O–H groups in total. The zero-order valence-electron chi connectivity index (χ0n) is 15.1. The minimum Gasteiger partial charge on any atom is -0.444 e. The Kier molecular flexibility index (Phi) is 9.72. The number of nitrogens with zero attached hydrogens (tertiary/aromatic N) is 2. The quantitative estimate of drug-likeness (QED) is 0.410. The van der Waals surface area contributed by atoms with Crippen molar-refractivity contribution >= 4 is 41.7 Å². The molecule has 0 saturated heterocycles. The summed E-state index contributed by atoms with van der Waals surface area (Å²) in [4.78, 5) is 17.9. The zero-order chi connectivity index (χ0) is 17.5. The van der Waals surface area contributed by atoms with Crippen LogP contribution in [0.3, 0.4) is 0 Å². The first kappa shape index (κ1) is 22.5. The summed E-state index contributed by atoms with van der Waals surface area (Å²) in [5, 5.41) is 3.03. The van der Waals surface area contributed by atoms with Gasteiger partial charge in [-0.3, -0.25) is 4.99 Å². The molecule has 1 amide bonds. The van der Waals surface area contributed by atoms with Gasteiger partial charge in [-0.05, 0) is 52.3 Å². The molecule has 0 radical (unpaired) electrons. The fourth-order valence-electron chi connectivity index (χ4n) is 1.91. The van der Waals surface area contributed by atoms with E-state index in [4.69, 9.17) is 10.5 Å². The van der Waals surface area contributed by atoms with Crippen LogP contribution < -0.4 is 11.1 Å². The molecule has 0 aromatic heterocycles. The Morgan fingerprint density at radius 2 is 2.04 bits per heavy atom. The van der Waals surface area contributed by atoms with Crippen molar-refractivity contribution in [2.24, 2.45) is 10.7 Å². The first-order valence-electron chi connectivity index (χ1n) is 7.83. The lowest BCUT2D eigenvalue weighted by Crippen LogP contribution is -2.38. The van der Waals surface area contributed by atoms with Gasteiger partial charge in [0.2, 0.25) is 0 Å². The number of likely N-dealkylation sites (N-methyl/N-ethyl adjacent to an activating group) is 1. The van der Waals surface area contributed by atoms with E-state index in [0.29, 0.717) is 25.6 Å². The van der Waals surface area contributed by atoms with Crippen LogP contribution in [0.15, 0.2) is 29.3 Å². The number of hydrogen-bond acceptors (Lipinski definition) is 3. The molecule has 6 nitrogen and oxygen atoms in total. The Hall–Kier alpha value is -1.51. The van der Waals surface area contributed by atoms with Gasteiger partial charge in [0.1, 0.15) is 5.60 Å². The Morgan fingerprint density at radius 1 is 1.38 bits per heavy atom. The highest BCUT2D eigenvalue weighted by atomic mass is 127. The van der Waals surface area contributed by atoms with Crippen molar-refractivity contribution in [2.45, 2.75) is 40.2 Å². The van der Waals surface area contributed by atoms with Crippen LogP contribution in [0, 0.1) is 6.92 Å². The molecule has 0 aliphatic carbocycles. The second-order valence-corrected chi connectivity index (χ2v) is 6.32. The number of guanidine groups is 1. The molecule has 0 spiro atoms. The van der Waals surface area contributed by atoms with Crippen LogP contribution in [-0.2, 0) is 4.74 Å². The first-order valence-corrected chi connectivity index (χ1v) is 7.83. The average Bonchev–Trinajstić information content (AvgIpc) is 2.41. The molecule has 0 fully saturated rings. The normalized spacial score (nSPS) is 11.5. The lowest BCUT2D eigenvalue weighted by Gasteiger charge is -2.26. The van der Waals surface area contributed by atoms with E-state index in [1.165, 1.54) is 0 Å². The molecule has 0 atom stereocenters. The maximum Gasteiger partial charge on any atom is 0.410 e. The first-order chi connectivity index (χ1) is 10.7. The van der Waals surface area contributed by atoms with Gasteiger partial charge in [0.25, 0.3) is 0 Å². The summed E-state index contributed by atoms with van der Waals surface area (Å²) in [6.07, 6.45) is -0.333. The second-order valence-electron chi connectivity index (χ2n) is 6.32. The molecule has 7 heteroatoms. The number of aliphatic imine (C=N–C) groups is 1. The number of ether oxygens (including phenoxy) is 1. The van der Waals surface area contributed by atoms with Gasteiger partial charge in [-0.25, -0.2) is 4.79 Å². The standard InChI is InChI=1S/C17H28N4O2.HI/c1-6-21(16(22)23-17(3,4)5)11-10-19-15(18)20-14-9-7-8-13(2)12-14;/h7-9,12H,6,10-11H2,1-5H3,(H3,18,19,20);1H. The van der Waals surface area contributed by atoms with Crippen molar-refractivity contribution in [3.8, 4) is 0 Å². The second kappa shape index (κ2) is 10.4. The Morgan fingerprint density at radius 3 is 2.58 bits per heavy atom. The number of carbonyl (C=O) groups excluding carboxylic acids is 1. The fourth-order valence-corrected chi connectivity index (χ4v) is 1.91. The Bertz CT molecular complexity index is 556. The topological polar surface area (TPSA) is 80.0 Å². The highest BCUT2D eigenvalue weighted by Crippen LogP contribution is 2.10. The summed E-state index contributed by atoms with van der Waals surface area (Å²) in [5.41, 5.74) is 7.40. The summed E-state index contributed by atoms with van der Waals surface area (Å²) in [6, 6.07) is 7.88. The number of hydrogen-bond donors (Lipinski definition) is 2. The van der Waals surface area contributed by atoms with Crippen LogP contribution in [0.25, 0.3) is 0 Å². The molecule has 0 unspecified atom stereocenters. The van der Waals surface area contributed by atoms with E-state index in [1.54, 1.807) is 4.90 Å². The van der Waals surface area contributed by atoms with Crippen molar-refractivity contribution in [1.82, 2.24) is 4.90 Å². The van der Waals surface area contributed by atoms with Crippen molar-refractivity contribution in [3.63, 3.8) is 0 Å². The molecule has 0 bridgehead atoms. The lowest BCUT2D eigenvalue weighted by molar-refractivity contribution is 0.0266. The van der Waals surface area contributed by atoms with Gasteiger partial charge < -0.3 is 20.7 Å². The summed E-state index contributed by atoms with van der Waals surface area (Å²) < 4.78 is 5.35. The predicted molar refractivity (Wildman–Crippen MR) is 110 cm³/mol. The smallest absolute Gasteiger partial charge is 0.410 e. The van der Waals surface area contributed by atoms with Gasteiger partial charge in [-0.2, -0.15) is 0 Å². The number of nitrogens with two attached hydrogens (primary N) is 1. The third-order valence-electron chi connectivity index (χ3n) is 2.98. The SMILES string of the molecule is CCN(CCN=C(N)Nc1cccc(C)c1)C(=O)OC(C)(C)C.I. The fraction of sp³-hybridized carbons (Fsp3) is 0.529. The van der Waals surface area contributed by atoms with Gasteiger partial charge in [-0.1, -0.05) is 12.1 Å². The van der Waals surface area contributed by atoms with Gasteiger partial charge in [0, 0.05) is 18.8 Å². The third-order valence-corrected chi connectivity index (χ3v) is 2.98. The van der Waals surface area contributed by atoms with E-state index in [1.807, 2.05) is 58.9 Å².